The number of nitro groups is 1. The average molecular weight is 388 g/mol. The number of rotatable bonds is 8. The predicted molar refractivity (Wildman–Crippen MR) is 109 cm³/mol. The summed E-state index contributed by atoms with van der Waals surface area (Å²) >= 11 is 0. The zero-order chi connectivity index (χ0) is 20.8. The summed E-state index contributed by atoms with van der Waals surface area (Å²) in [6, 6.07) is 8.99. The Morgan fingerprint density at radius 3 is 2.29 bits per heavy atom. The monoisotopic (exact) mass is 388 g/mol. The van der Waals surface area contributed by atoms with Gasteiger partial charge in [0.25, 0.3) is 11.6 Å². The second-order valence-corrected chi connectivity index (χ2v) is 6.49. The Balaban J connectivity index is 2.19. The fourth-order valence-corrected chi connectivity index (χ4v) is 2.97. The van der Waals surface area contributed by atoms with Crippen molar-refractivity contribution in [2.45, 2.75) is 20.4 Å². The molecule has 1 N–H and O–H groups in total. The van der Waals surface area contributed by atoms with Crippen LogP contribution in [0.1, 0.15) is 29.8 Å². The molecule has 2 aromatic carbocycles. The SMILES string of the molecule is CCN(CC)c1ccc(CNC(=O)c2cc([N+](=O)[O-])ccc2N(C)C)cc1F. The van der Waals surface area contributed by atoms with Gasteiger partial charge in [-0.2, -0.15) is 0 Å². The van der Waals surface area contributed by atoms with Gasteiger partial charge in [-0.05, 0) is 37.6 Å². The number of halogens is 1. The van der Waals surface area contributed by atoms with E-state index in [0.29, 0.717) is 30.0 Å². The summed E-state index contributed by atoms with van der Waals surface area (Å²) in [7, 11) is 3.50. The molecule has 0 saturated heterocycles. The van der Waals surface area contributed by atoms with Crippen molar-refractivity contribution in [2.24, 2.45) is 0 Å². The number of anilines is 2. The Labute approximate surface area is 163 Å². The Bertz CT molecular complexity index is 867. The van der Waals surface area contributed by atoms with Crippen LogP contribution in [0.15, 0.2) is 36.4 Å². The van der Waals surface area contributed by atoms with Gasteiger partial charge in [-0.15, -0.1) is 0 Å². The van der Waals surface area contributed by atoms with E-state index in [0.717, 1.165) is 0 Å². The van der Waals surface area contributed by atoms with Gasteiger partial charge in [-0.1, -0.05) is 6.07 Å². The molecule has 0 atom stereocenters. The molecule has 0 aromatic heterocycles. The Morgan fingerprint density at radius 1 is 1.11 bits per heavy atom. The molecule has 0 radical (unpaired) electrons. The van der Waals surface area contributed by atoms with Crippen LogP contribution in [0.2, 0.25) is 0 Å². The van der Waals surface area contributed by atoms with E-state index < -0.39 is 10.8 Å². The molecule has 0 heterocycles. The van der Waals surface area contributed by atoms with E-state index in [9.17, 15) is 19.3 Å². The van der Waals surface area contributed by atoms with Crippen LogP contribution in [0.25, 0.3) is 0 Å². The molecule has 0 unspecified atom stereocenters. The van der Waals surface area contributed by atoms with E-state index >= 15 is 0 Å². The van der Waals surface area contributed by atoms with Crippen molar-refractivity contribution in [1.29, 1.82) is 0 Å². The van der Waals surface area contributed by atoms with Gasteiger partial charge in [0.1, 0.15) is 5.82 Å². The number of carbonyl (C=O) groups excluding carboxylic acids is 1. The molecule has 28 heavy (non-hydrogen) atoms. The summed E-state index contributed by atoms with van der Waals surface area (Å²) < 4.78 is 14.4. The zero-order valence-electron chi connectivity index (χ0n) is 16.5. The van der Waals surface area contributed by atoms with Gasteiger partial charge < -0.3 is 15.1 Å². The highest BCUT2D eigenvalue weighted by atomic mass is 19.1. The lowest BCUT2D eigenvalue weighted by Crippen LogP contribution is -2.26. The summed E-state index contributed by atoms with van der Waals surface area (Å²) in [5.74, 6) is -0.805. The normalized spacial score (nSPS) is 10.5. The van der Waals surface area contributed by atoms with E-state index in [-0.39, 0.29) is 23.6 Å². The van der Waals surface area contributed by atoms with Crippen molar-refractivity contribution in [1.82, 2.24) is 5.32 Å². The maximum absolute atomic E-state index is 14.4. The molecular weight excluding hydrogens is 363 g/mol. The minimum atomic E-state index is -0.544. The maximum atomic E-state index is 14.4. The number of amides is 1. The van der Waals surface area contributed by atoms with Crippen molar-refractivity contribution in [3.8, 4) is 0 Å². The van der Waals surface area contributed by atoms with E-state index in [1.165, 1.54) is 24.3 Å². The summed E-state index contributed by atoms with van der Waals surface area (Å²) in [6.07, 6.45) is 0. The fourth-order valence-electron chi connectivity index (χ4n) is 2.97. The molecule has 150 valence electrons. The van der Waals surface area contributed by atoms with Crippen LogP contribution in [0.4, 0.5) is 21.5 Å². The predicted octanol–water partition coefficient (Wildman–Crippen LogP) is 3.58. The number of nitrogens with zero attached hydrogens (tertiary/aromatic N) is 3. The number of carbonyl (C=O) groups is 1. The highest BCUT2D eigenvalue weighted by molar-refractivity contribution is 6.00. The molecule has 0 aliphatic rings. The average Bonchev–Trinajstić information content (AvgIpc) is 2.67. The second-order valence-electron chi connectivity index (χ2n) is 6.49. The first-order valence-corrected chi connectivity index (χ1v) is 9.05. The number of benzene rings is 2. The maximum Gasteiger partial charge on any atom is 0.270 e. The second kappa shape index (κ2) is 9.16. The first-order chi connectivity index (χ1) is 13.3. The molecule has 7 nitrogen and oxygen atoms in total. The molecular formula is C20H25FN4O3. The fraction of sp³-hybridized carbons (Fsp3) is 0.350. The van der Waals surface area contributed by atoms with Gasteiger partial charge in [0.05, 0.1) is 16.2 Å². The summed E-state index contributed by atoms with van der Waals surface area (Å²) in [5, 5.41) is 13.7. The van der Waals surface area contributed by atoms with E-state index in [1.54, 1.807) is 31.1 Å². The number of hydrogen-bond donors (Lipinski definition) is 1. The number of nitro benzene ring substituents is 1. The topological polar surface area (TPSA) is 78.7 Å². The van der Waals surface area contributed by atoms with E-state index in [2.05, 4.69) is 5.32 Å². The van der Waals surface area contributed by atoms with E-state index in [4.69, 9.17) is 0 Å². The third kappa shape index (κ3) is 4.76. The summed E-state index contributed by atoms with van der Waals surface area (Å²) in [4.78, 5) is 26.7. The van der Waals surface area contributed by atoms with Crippen LogP contribution in [0.5, 0.6) is 0 Å². The third-order valence-corrected chi connectivity index (χ3v) is 4.49. The summed E-state index contributed by atoms with van der Waals surface area (Å²) in [6.45, 7) is 5.42. The highest BCUT2D eigenvalue weighted by Gasteiger charge is 2.18. The van der Waals surface area contributed by atoms with Crippen LogP contribution in [-0.2, 0) is 6.54 Å². The molecule has 0 bridgehead atoms. The standard InChI is InChI=1S/C20H25FN4O3/c1-5-24(6-2)19-9-7-14(11-17(19)21)13-22-20(26)16-12-15(25(27)28)8-10-18(16)23(3)4/h7-12H,5-6,13H2,1-4H3,(H,22,26). The van der Waals surface area contributed by atoms with Gasteiger partial charge >= 0.3 is 0 Å². The van der Waals surface area contributed by atoms with Crippen molar-refractivity contribution in [2.75, 3.05) is 37.0 Å². The van der Waals surface area contributed by atoms with Gasteiger partial charge in [0.2, 0.25) is 0 Å². The van der Waals surface area contributed by atoms with Crippen molar-refractivity contribution >= 4 is 23.0 Å². The molecule has 1 amide bonds. The zero-order valence-corrected chi connectivity index (χ0v) is 16.5. The first kappa shape index (κ1) is 21.1. The Hall–Kier alpha value is -3.16. The molecule has 0 spiro atoms. The smallest absolute Gasteiger partial charge is 0.270 e. The molecule has 8 heteroatoms. The molecule has 0 fully saturated rings. The van der Waals surface area contributed by atoms with Crippen molar-refractivity contribution in [3.63, 3.8) is 0 Å². The van der Waals surface area contributed by atoms with Crippen LogP contribution in [0.3, 0.4) is 0 Å². The van der Waals surface area contributed by atoms with Gasteiger partial charge in [-0.25, -0.2) is 4.39 Å². The summed E-state index contributed by atoms with van der Waals surface area (Å²) in [5.41, 5.74) is 1.73. The molecule has 0 saturated carbocycles. The van der Waals surface area contributed by atoms with Crippen molar-refractivity contribution in [3.05, 3.63) is 63.5 Å². The largest absolute Gasteiger partial charge is 0.377 e. The number of non-ortho nitro benzene ring substituents is 1. The quantitative estimate of drug-likeness (QED) is 0.552. The molecule has 0 aliphatic carbocycles. The minimum absolute atomic E-state index is 0.115. The van der Waals surface area contributed by atoms with Crippen LogP contribution in [0, 0.1) is 15.9 Å². The number of nitrogens with one attached hydrogen (secondary N) is 1. The lowest BCUT2D eigenvalue weighted by Gasteiger charge is -2.22. The lowest BCUT2D eigenvalue weighted by atomic mass is 10.1. The molecule has 2 aromatic rings. The van der Waals surface area contributed by atoms with Crippen LogP contribution >= 0.6 is 0 Å². The third-order valence-electron chi connectivity index (χ3n) is 4.49. The molecule has 2 rings (SSSR count). The number of hydrogen-bond acceptors (Lipinski definition) is 5. The Kier molecular flexibility index (Phi) is 6.92. The van der Waals surface area contributed by atoms with Crippen LogP contribution < -0.4 is 15.1 Å². The van der Waals surface area contributed by atoms with Crippen LogP contribution in [-0.4, -0.2) is 38.0 Å². The first-order valence-electron chi connectivity index (χ1n) is 9.05. The van der Waals surface area contributed by atoms with E-state index in [1.807, 2.05) is 18.7 Å². The lowest BCUT2D eigenvalue weighted by molar-refractivity contribution is -0.384. The highest BCUT2D eigenvalue weighted by Crippen LogP contribution is 2.25. The van der Waals surface area contributed by atoms with Gasteiger partial charge in [-0.3, -0.25) is 14.9 Å². The minimum Gasteiger partial charge on any atom is -0.377 e. The van der Waals surface area contributed by atoms with Gasteiger partial charge in [0.15, 0.2) is 0 Å². The molecule has 0 aliphatic heterocycles. The Morgan fingerprint density at radius 2 is 1.75 bits per heavy atom. The van der Waals surface area contributed by atoms with Gasteiger partial charge in [0, 0.05) is 51.5 Å². The van der Waals surface area contributed by atoms with Crippen molar-refractivity contribution < 1.29 is 14.1 Å².